The van der Waals surface area contributed by atoms with Gasteiger partial charge in [-0.15, -0.1) is 5.10 Å². The average Bonchev–Trinajstić information content (AvgIpc) is 3.00. The number of aromatic nitrogens is 4. The van der Waals surface area contributed by atoms with Gasteiger partial charge >= 0.3 is 0 Å². The second-order valence-electron chi connectivity index (χ2n) is 5.28. The second kappa shape index (κ2) is 3.76. The second-order valence-corrected chi connectivity index (χ2v) is 5.67. The van der Waals surface area contributed by atoms with Gasteiger partial charge in [0.2, 0.25) is 10.5 Å². The molecule has 1 fully saturated rings. The summed E-state index contributed by atoms with van der Waals surface area (Å²) in [4.78, 5) is 12.6. The Hall–Kier alpha value is -2.02. The van der Waals surface area contributed by atoms with Crippen LogP contribution in [0.1, 0.15) is 19.4 Å². The lowest BCUT2D eigenvalue weighted by Crippen LogP contribution is -2.23. The smallest absolute Gasteiger partial charge is 0.263 e. The van der Waals surface area contributed by atoms with Crippen LogP contribution in [-0.4, -0.2) is 19.2 Å². The summed E-state index contributed by atoms with van der Waals surface area (Å²) in [6.07, 6.45) is 0.927. The lowest BCUT2D eigenvalue weighted by molar-refractivity contribution is 0.627. The molecule has 1 aliphatic carbocycles. The standard InChI is InChI=1S/C13H11FN4OS/c1-6-4-10(6)17-11(19)8-5-7(14)2-3-9(8)18-12(17)15-16-13(18)20/h2-3,5-6,10H,4H2,1H3,(H,16,20)/t6-,10-/m0/s1. The molecule has 3 aromatic rings. The minimum absolute atomic E-state index is 0.114. The number of aromatic amines is 1. The molecule has 1 aliphatic rings. The fraction of sp³-hybridized carbons (Fsp3) is 0.308. The van der Waals surface area contributed by atoms with Gasteiger partial charge in [0, 0.05) is 6.04 Å². The van der Waals surface area contributed by atoms with Crippen LogP contribution >= 0.6 is 12.2 Å². The van der Waals surface area contributed by atoms with Gasteiger partial charge in [-0.05, 0) is 42.8 Å². The third kappa shape index (κ3) is 1.44. The van der Waals surface area contributed by atoms with Crippen LogP contribution in [0.2, 0.25) is 0 Å². The van der Waals surface area contributed by atoms with Gasteiger partial charge < -0.3 is 0 Å². The topological polar surface area (TPSA) is 55.1 Å². The van der Waals surface area contributed by atoms with Gasteiger partial charge in [-0.25, -0.2) is 9.49 Å². The van der Waals surface area contributed by atoms with Crippen molar-refractivity contribution >= 4 is 28.9 Å². The molecule has 20 heavy (non-hydrogen) atoms. The van der Waals surface area contributed by atoms with E-state index in [4.69, 9.17) is 12.2 Å². The molecule has 102 valence electrons. The maximum absolute atomic E-state index is 13.5. The van der Waals surface area contributed by atoms with Gasteiger partial charge in [0.25, 0.3) is 5.56 Å². The first-order valence-corrected chi connectivity index (χ1v) is 6.79. The third-order valence-electron chi connectivity index (χ3n) is 3.92. The van der Waals surface area contributed by atoms with Crippen molar-refractivity contribution in [3.05, 3.63) is 39.1 Å². The van der Waals surface area contributed by atoms with Crippen LogP contribution < -0.4 is 5.56 Å². The predicted molar refractivity (Wildman–Crippen MR) is 74.9 cm³/mol. The largest absolute Gasteiger partial charge is 0.273 e. The molecule has 0 aliphatic heterocycles. The quantitative estimate of drug-likeness (QED) is 0.700. The van der Waals surface area contributed by atoms with E-state index in [2.05, 4.69) is 17.1 Å². The van der Waals surface area contributed by atoms with Crippen molar-refractivity contribution in [2.75, 3.05) is 0 Å². The predicted octanol–water partition coefficient (Wildman–Crippen LogP) is 2.43. The number of halogens is 1. The molecular weight excluding hydrogens is 279 g/mol. The number of H-pyrrole nitrogens is 1. The molecule has 0 spiro atoms. The normalized spacial score (nSPS) is 21.7. The first kappa shape index (κ1) is 11.8. The van der Waals surface area contributed by atoms with Crippen LogP contribution in [0.5, 0.6) is 0 Å². The summed E-state index contributed by atoms with van der Waals surface area (Å²) in [5.41, 5.74) is 0.366. The Morgan fingerprint density at radius 1 is 1.50 bits per heavy atom. The molecule has 0 amide bonds. The molecule has 4 rings (SSSR count). The molecule has 1 N–H and O–H groups in total. The Bertz CT molecular complexity index is 970. The van der Waals surface area contributed by atoms with Crippen molar-refractivity contribution in [2.45, 2.75) is 19.4 Å². The van der Waals surface area contributed by atoms with Crippen LogP contribution in [-0.2, 0) is 0 Å². The van der Waals surface area contributed by atoms with Gasteiger partial charge in [0.05, 0.1) is 10.9 Å². The van der Waals surface area contributed by atoms with Crippen molar-refractivity contribution < 1.29 is 4.39 Å². The summed E-state index contributed by atoms with van der Waals surface area (Å²) >= 11 is 5.22. The van der Waals surface area contributed by atoms with E-state index in [9.17, 15) is 9.18 Å². The van der Waals surface area contributed by atoms with Crippen LogP contribution in [0.4, 0.5) is 4.39 Å². The van der Waals surface area contributed by atoms with Gasteiger partial charge in [-0.3, -0.25) is 13.8 Å². The van der Waals surface area contributed by atoms with E-state index < -0.39 is 5.82 Å². The lowest BCUT2D eigenvalue weighted by Gasteiger charge is -2.09. The van der Waals surface area contributed by atoms with Crippen molar-refractivity contribution in [1.82, 2.24) is 19.2 Å². The van der Waals surface area contributed by atoms with Crippen molar-refractivity contribution in [3.8, 4) is 0 Å². The summed E-state index contributed by atoms with van der Waals surface area (Å²) < 4.78 is 17.2. The number of rotatable bonds is 1. The first-order valence-electron chi connectivity index (χ1n) is 6.39. The van der Waals surface area contributed by atoms with Gasteiger partial charge in [0.15, 0.2) is 0 Å². The SMILES string of the molecule is C[C@H]1C[C@@H]1n1c(=O)c2cc(F)ccc2n2c(=S)[nH]nc12. The van der Waals surface area contributed by atoms with Gasteiger partial charge in [-0.2, -0.15) is 0 Å². The minimum atomic E-state index is -0.431. The summed E-state index contributed by atoms with van der Waals surface area (Å²) in [7, 11) is 0. The Labute approximate surface area is 117 Å². The highest BCUT2D eigenvalue weighted by molar-refractivity contribution is 7.71. The van der Waals surface area contributed by atoms with E-state index in [-0.39, 0.29) is 11.6 Å². The number of hydrogen-bond acceptors (Lipinski definition) is 3. The Morgan fingerprint density at radius 2 is 2.25 bits per heavy atom. The van der Waals surface area contributed by atoms with E-state index in [1.807, 2.05) is 0 Å². The number of fused-ring (bicyclic) bond motifs is 3. The molecular formula is C13H11FN4OS. The molecule has 0 bridgehead atoms. The Balaban J connectivity index is 2.28. The monoisotopic (exact) mass is 290 g/mol. The van der Waals surface area contributed by atoms with Gasteiger partial charge in [-0.1, -0.05) is 6.92 Å². The highest BCUT2D eigenvalue weighted by Gasteiger charge is 2.37. The summed E-state index contributed by atoms with van der Waals surface area (Å²) in [6, 6.07) is 4.25. The third-order valence-corrected chi connectivity index (χ3v) is 4.19. The van der Waals surface area contributed by atoms with E-state index >= 15 is 0 Å². The van der Waals surface area contributed by atoms with E-state index in [1.54, 1.807) is 15.0 Å². The maximum atomic E-state index is 13.5. The zero-order valence-electron chi connectivity index (χ0n) is 10.6. The van der Waals surface area contributed by atoms with Crippen LogP contribution in [0.15, 0.2) is 23.0 Å². The average molecular weight is 290 g/mol. The molecule has 0 radical (unpaired) electrons. The van der Waals surface area contributed by atoms with Crippen molar-refractivity contribution in [1.29, 1.82) is 0 Å². The molecule has 1 aromatic carbocycles. The number of hydrogen-bond donors (Lipinski definition) is 1. The molecule has 5 nitrogen and oxygen atoms in total. The zero-order valence-corrected chi connectivity index (χ0v) is 11.4. The molecule has 2 aromatic heterocycles. The number of nitrogens with one attached hydrogen (secondary N) is 1. The maximum Gasteiger partial charge on any atom is 0.263 e. The van der Waals surface area contributed by atoms with Crippen LogP contribution in [0.3, 0.4) is 0 Å². The first-order chi connectivity index (χ1) is 9.58. The fourth-order valence-electron chi connectivity index (χ4n) is 2.72. The molecule has 0 unspecified atom stereocenters. The van der Waals surface area contributed by atoms with E-state index in [0.29, 0.717) is 27.4 Å². The number of benzene rings is 1. The van der Waals surface area contributed by atoms with Crippen LogP contribution in [0, 0.1) is 16.5 Å². The highest BCUT2D eigenvalue weighted by atomic mass is 32.1. The zero-order chi connectivity index (χ0) is 14.0. The van der Waals surface area contributed by atoms with Gasteiger partial charge in [0.1, 0.15) is 5.82 Å². The lowest BCUT2D eigenvalue weighted by atomic mass is 10.2. The van der Waals surface area contributed by atoms with E-state index in [0.717, 1.165) is 6.42 Å². The molecule has 7 heteroatoms. The molecule has 2 atom stereocenters. The Morgan fingerprint density at radius 3 is 2.95 bits per heavy atom. The summed E-state index contributed by atoms with van der Waals surface area (Å²) in [5, 5.41) is 7.20. The highest BCUT2D eigenvalue weighted by Crippen LogP contribution is 2.42. The summed E-state index contributed by atoms with van der Waals surface area (Å²) in [5.74, 6) is 0.487. The molecule has 0 saturated heterocycles. The van der Waals surface area contributed by atoms with Crippen LogP contribution in [0.25, 0.3) is 16.7 Å². The summed E-state index contributed by atoms with van der Waals surface area (Å²) in [6.45, 7) is 2.07. The Kier molecular flexibility index (Phi) is 2.21. The minimum Gasteiger partial charge on any atom is -0.273 e. The molecule has 2 heterocycles. The van der Waals surface area contributed by atoms with Crippen molar-refractivity contribution in [3.63, 3.8) is 0 Å². The van der Waals surface area contributed by atoms with E-state index in [1.165, 1.54) is 12.1 Å². The number of nitrogens with zero attached hydrogens (tertiary/aromatic N) is 3. The fourth-order valence-corrected chi connectivity index (χ4v) is 2.95. The molecule has 1 saturated carbocycles. The van der Waals surface area contributed by atoms with Crippen molar-refractivity contribution in [2.24, 2.45) is 5.92 Å².